The first-order valence-corrected chi connectivity index (χ1v) is 5.33. The van der Waals surface area contributed by atoms with Crippen molar-refractivity contribution in [3.8, 4) is 0 Å². The molecule has 78 valence electrons. The van der Waals surface area contributed by atoms with Crippen molar-refractivity contribution in [2.45, 2.75) is 25.8 Å². The third-order valence-electron chi connectivity index (χ3n) is 1.84. The first kappa shape index (κ1) is 11.1. The third kappa shape index (κ3) is 3.04. The third-order valence-corrected chi connectivity index (χ3v) is 2.51. The monoisotopic (exact) mass is 214 g/mol. The highest BCUT2D eigenvalue weighted by Crippen LogP contribution is 2.03. The Balaban J connectivity index is 2.47. The summed E-state index contributed by atoms with van der Waals surface area (Å²) in [5.74, 6) is -0.135. The molecule has 1 amide bonds. The SMILES string of the molecule is CCCC(CN)NC(=O)c1cnns1. The Morgan fingerprint density at radius 1 is 1.79 bits per heavy atom. The molecular formula is C8H14N4OS. The van der Waals surface area contributed by atoms with Crippen LogP contribution in [0.4, 0.5) is 0 Å². The van der Waals surface area contributed by atoms with Gasteiger partial charge < -0.3 is 11.1 Å². The number of carbonyl (C=O) groups excluding carboxylic acids is 1. The Labute approximate surface area is 86.9 Å². The minimum absolute atomic E-state index is 0.0506. The number of carbonyl (C=O) groups is 1. The molecule has 0 fully saturated rings. The first-order valence-electron chi connectivity index (χ1n) is 4.56. The summed E-state index contributed by atoms with van der Waals surface area (Å²) >= 11 is 1.09. The summed E-state index contributed by atoms with van der Waals surface area (Å²) in [7, 11) is 0. The summed E-state index contributed by atoms with van der Waals surface area (Å²) in [6, 6.07) is 0.0506. The second kappa shape index (κ2) is 5.66. The second-order valence-corrected chi connectivity index (χ2v) is 3.76. The summed E-state index contributed by atoms with van der Waals surface area (Å²) in [4.78, 5) is 12.0. The summed E-state index contributed by atoms with van der Waals surface area (Å²) in [5, 5.41) is 6.44. The van der Waals surface area contributed by atoms with E-state index in [2.05, 4.69) is 21.8 Å². The predicted molar refractivity (Wildman–Crippen MR) is 55.1 cm³/mol. The van der Waals surface area contributed by atoms with Crippen molar-refractivity contribution in [1.29, 1.82) is 0 Å². The van der Waals surface area contributed by atoms with Crippen molar-refractivity contribution in [3.63, 3.8) is 0 Å². The normalized spacial score (nSPS) is 12.4. The zero-order valence-electron chi connectivity index (χ0n) is 8.06. The van der Waals surface area contributed by atoms with Crippen LogP contribution in [0.3, 0.4) is 0 Å². The molecule has 1 rings (SSSR count). The molecule has 0 radical (unpaired) electrons. The van der Waals surface area contributed by atoms with Gasteiger partial charge in [0.25, 0.3) is 5.91 Å². The summed E-state index contributed by atoms with van der Waals surface area (Å²) in [5.41, 5.74) is 5.52. The van der Waals surface area contributed by atoms with Crippen molar-refractivity contribution in [3.05, 3.63) is 11.1 Å². The van der Waals surface area contributed by atoms with E-state index in [9.17, 15) is 4.79 Å². The van der Waals surface area contributed by atoms with Crippen LogP contribution >= 0.6 is 11.5 Å². The van der Waals surface area contributed by atoms with Crippen molar-refractivity contribution in [2.75, 3.05) is 6.54 Å². The van der Waals surface area contributed by atoms with Gasteiger partial charge in [-0.15, -0.1) is 5.10 Å². The molecule has 1 unspecified atom stereocenters. The van der Waals surface area contributed by atoms with E-state index < -0.39 is 0 Å². The maximum Gasteiger partial charge on any atom is 0.264 e. The topological polar surface area (TPSA) is 80.9 Å². The number of hydrogen-bond donors (Lipinski definition) is 2. The Hall–Kier alpha value is -1.01. The Kier molecular flexibility index (Phi) is 4.48. The zero-order chi connectivity index (χ0) is 10.4. The molecule has 1 heterocycles. The molecule has 0 aliphatic heterocycles. The Morgan fingerprint density at radius 3 is 3.07 bits per heavy atom. The van der Waals surface area contributed by atoms with Gasteiger partial charge in [-0.25, -0.2) is 0 Å². The quantitative estimate of drug-likeness (QED) is 0.743. The van der Waals surface area contributed by atoms with Gasteiger partial charge in [-0.05, 0) is 18.0 Å². The van der Waals surface area contributed by atoms with Crippen LogP contribution in [-0.2, 0) is 0 Å². The standard InChI is InChI=1S/C8H14N4OS/c1-2-3-6(4-9)11-8(13)7-5-10-12-14-7/h5-6H,2-4,9H2,1H3,(H,11,13). The van der Waals surface area contributed by atoms with Crippen LogP contribution in [0, 0.1) is 0 Å². The summed E-state index contributed by atoms with van der Waals surface area (Å²) in [6.45, 7) is 2.52. The molecule has 0 spiro atoms. The lowest BCUT2D eigenvalue weighted by atomic mass is 10.1. The van der Waals surface area contributed by atoms with Crippen molar-refractivity contribution in [1.82, 2.24) is 14.9 Å². The van der Waals surface area contributed by atoms with Crippen molar-refractivity contribution in [2.24, 2.45) is 5.73 Å². The highest BCUT2D eigenvalue weighted by molar-refractivity contribution is 7.07. The van der Waals surface area contributed by atoms with Crippen LogP contribution in [0.2, 0.25) is 0 Å². The zero-order valence-corrected chi connectivity index (χ0v) is 8.88. The van der Waals surface area contributed by atoms with Gasteiger partial charge in [0, 0.05) is 12.6 Å². The number of amides is 1. The van der Waals surface area contributed by atoms with Crippen LogP contribution in [0.25, 0.3) is 0 Å². The van der Waals surface area contributed by atoms with Crippen molar-refractivity contribution < 1.29 is 4.79 Å². The maximum absolute atomic E-state index is 11.5. The van der Waals surface area contributed by atoms with E-state index >= 15 is 0 Å². The summed E-state index contributed by atoms with van der Waals surface area (Å²) in [6.07, 6.45) is 3.36. The molecule has 0 saturated heterocycles. The molecule has 0 saturated carbocycles. The lowest BCUT2D eigenvalue weighted by molar-refractivity contribution is 0.0940. The average Bonchev–Trinajstić information content (AvgIpc) is 2.69. The Morgan fingerprint density at radius 2 is 2.57 bits per heavy atom. The smallest absolute Gasteiger partial charge is 0.264 e. The number of aromatic nitrogens is 2. The molecule has 5 nitrogen and oxygen atoms in total. The fourth-order valence-electron chi connectivity index (χ4n) is 1.12. The second-order valence-electron chi connectivity index (χ2n) is 2.98. The summed E-state index contributed by atoms with van der Waals surface area (Å²) < 4.78 is 3.62. The van der Waals surface area contributed by atoms with Crippen LogP contribution < -0.4 is 11.1 Å². The van der Waals surface area contributed by atoms with E-state index in [1.807, 2.05) is 0 Å². The highest BCUT2D eigenvalue weighted by atomic mass is 32.1. The van der Waals surface area contributed by atoms with E-state index in [-0.39, 0.29) is 11.9 Å². The minimum atomic E-state index is -0.135. The van der Waals surface area contributed by atoms with Crippen molar-refractivity contribution >= 4 is 17.4 Å². The predicted octanol–water partition coefficient (Wildman–Crippen LogP) is 0.395. The van der Waals surface area contributed by atoms with Gasteiger partial charge in [0.15, 0.2) is 0 Å². The van der Waals surface area contributed by atoms with Gasteiger partial charge in [-0.2, -0.15) is 0 Å². The highest BCUT2D eigenvalue weighted by Gasteiger charge is 2.12. The molecule has 3 N–H and O–H groups in total. The van der Waals surface area contributed by atoms with E-state index in [4.69, 9.17) is 5.73 Å². The number of nitrogens with one attached hydrogen (secondary N) is 1. The van der Waals surface area contributed by atoms with E-state index in [1.54, 1.807) is 0 Å². The minimum Gasteiger partial charge on any atom is -0.347 e. The lowest BCUT2D eigenvalue weighted by Gasteiger charge is -2.14. The molecule has 1 aromatic rings. The molecule has 1 atom stereocenters. The number of hydrogen-bond acceptors (Lipinski definition) is 5. The molecular weight excluding hydrogens is 200 g/mol. The van der Waals surface area contributed by atoms with Gasteiger partial charge in [0.2, 0.25) is 0 Å². The van der Waals surface area contributed by atoms with Gasteiger partial charge in [0.05, 0.1) is 6.20 Å². The molecule has 0 aliphatic carbocycles. The number of rotatable bonds is 5. The maximum atomic E-state index is 11.5. The van der Waals surface area contributed by atoms with Crippen LogP contribution in [-0.4, -0.2) is 28.1 Å². The molecule has 1 aromatic heterocycles. The molecule has 0 bridgehead atoms. The first-order chi connectivity index (χ1) is 6.77. The van der Waals surface area contributed by atoms with Gasteiger partial charge >= 0.3 is 0 Å². The Bertz CT molecular complexity index is 275. The van der Waals surface area contributed by atoms with E-state index in [0.717, 1.165) is 24.4 Å². The van der Waals surface area contributed by atoms with Crippen LogP contribution in [0.5, 0.6) is 0 Å². The van der Waals surface area contributed by atoms with Gasteiger partial charge in [0.1, 0.15) is 4.88 Å². The number of nitrogens with zero attached hydrogens (tertiary/aromatic N) is 2. The largest absolute Gasteiger partial charge is 0.347 e. The number of nitrogens with two attached hydrogens (primary N) is 1. The molecule has 0 aromatic carbocycles. The fraction of sp³-hybridized carbons (Fsp3) is 0.625. The molecule has 14 heavy (non-hydrogen) atoms. The van der Waals surface area contributed by atoms with E-state index in [0.29, 0.717) is 11.4 Å². The van der Waals surface area contributed by atoms with Crippen LogP contribution in [0.1, 0.15) is 29.4 Å². The lowest BCUT2D eigenvalue weighted by Crippen LogP contribution is -2.39. The van der Waals surface area contributed by atoms with Crippen LogP contribution in [0.15, 0.2) is 6.20 Å². The molecule has 0 aliphatic rings. The van der Waals surface area contributed by atoms with E-state index in [1.165, 1.54) is 6.20 Å². The fourth-order valence-corrected chi connectivity index (χ4v) is 1.54. The van der Waals surface area contributed by atoms with Gasteiger partial charge in [-0.3, -0.25) is 4.79 Å². The molecule has 6 heteroatoms. The average molecular weight is 214 g/mol. The van der Waals surface area contributed by atoms with Gasteiger partial charge in [-0.1, -0.05) is 17.8 Å².